The molecule has 0 aliphatic heterocycles. The van der Waals surface area contributed by atoms with Gasteiger partial charge in [-0.05, 0) is 138 Å². The van der Waals surface area contributed by atoms with Crippen LogP contribution in [-0.4, -0.2) is 24.5 Å². The van der Waals surface area contributed by atoms with Crippen molar-refractivity contribution in [2.24, 2.45) is 5.92 Å². The third-order valence-corrected chi connectivity index (χ3v) is 13.8. The second kappa shape index (κ2) is 16.6. The fourth-order valence-electron chi connectivity index (χ4n) is 9.68. The van der Waals surface area contributed by atoms with Crippen molar-refractivity contribution in [3.05, 3.63) is 210 Å². The molecule has 11 rings (SSSR count). The number of hydrogen-bond donors (Lipinski definition) is 0. The molecule has 0 radical (unpaired) electrons. The molecule has 0 N–H and O–H groups in total. The van der Waals surface area contributed by atoms with Crippen LogP contribution in [0.15, 0.2) is 189 Å². The summed E-state index contributed by atoms with van der Waals surface area (Å²) >= 11 is 1.84. The number of allylic oxidation sites excluding steroid dienone is 5. The highest BCUT2D eigenvalue weighted by atomic mass is 32.1. The summed E-state index contributed by atoms with van der Waals surface area (Å²) in [5, 5.41) is 3.65. The van der Waals surface area contributed by atoms with Crippen LogP contribution in [-0.2, 0) is 0 Å². The monoisotopic (exact) mass is 843 g/mol. The standard InChI is InChI=1S/C58H45N5S/c1-4-41(34-45-38(3)64-57-36-47(53-22-9-13-30-61-53)46(35-50(45)57)52-21-8-12-29-60-52)63-55-26-24-39(42-17-5-6-18-44(42)51-20-7-11-28-59-51)32-48(55)49-33-40(25-27-56(49)63)43-19-15-16-37(2)58(43)54-23-10-14-31-62-54/h5-37,58H,4H2,1-3H3/b41-34+. The SMILES string of the molecule is CC/C(=C\c1c(C)sc2cc(-c3ccccn3)c(-c3ccccn3)cc12)n1c2ccc(C3=CC=CC(C)C3c3ccccn3)cc2c2cc(-c3ccccc3-c3ccccn3)ccc21. The van der Waals surface area contributed by atoms with Gasteiger partial charge in [-0.2, -0.15) is 0 Å². The van der Waals surface area contributed by atoms with Gasteiger partial charge in [0, 0.05) is 84.5 Å². The van der Waals surface area contributed by atoms with Crippen molar-refractivity contribution in [1.29, 1.82) is 0 Å². The molecule has 4 aromatic carbocycles. The van der Waals surface area contributed by atoms with E-state index in [4.69, 9.17) is 19.9 Å². The molecule has 0 saturated carbocycles. The third kappa shape index (κ3) is 6.97. The summed E-state index contributed by atoms with van der Waals surface area (Å²) in [7, 11) is 0. The van der Waals surface area contributed by atoms with E-state index in [9.17, 15) is 0 Å². The van der Waals surface area contributed by atoms with E-state index in [1.54, 1.807) is 0 Å². The second-order valence-corrected chi connectivity index (χ2v) is 17.8. The summed E-state index contributed by atoms with van der Waals surface area (Å²) in [5.41, 5.74) is 16.8. The van der Waals surface area contributed by atoms with Crippen LogP contribution in [0.5, 0.6) is 0 Å². The van der Waals surface area contributed by atoms with Crippen LogP contribution < -0.4 is 0 Å². The van der Waals surface area contributed by atoms with Crippen molar-refractivity contribution >= 4 is 60.6 Å². The number of thiophene rings is 1. The minimum atomic E-state index is 0.146. The zero-order chi connectivity index (χ0) is 43.1. The first-order valence-corrected chi connectivity index (χ1v) is 22.9. The van der Waals surface area contributed by atoms with Crippen LogP contribution in [0, 0.1) is 12.8 Å². The molecule has 1 aliphatic carbocycles. The van der Waals surface area contributed by atoms with Gasteiger partial charge in [-0.1, -0.05) is 92.7 Å². The zero-order valence-electron chi connectivity index (χ0n) is 36.0. The maximum atomic E-state index is 4.87. The van der Waals surface area contributed by atoms with Crippen molar-refractivity contribution in [3.8, 4) is 44.9 Å². The first-order chi connectivity index (χ1) is 31.5. The molecule has 308 valence electrons. The fraction of sp³-hybridized carbons (Fsp3) is 0.103. The molecule has 0 fully saturated rings. The Morgan fingerprint density at radius 2 is 1.17 bits per heavy atom. The Hall–Kier alpha value is -7.54. The van der Waals surface area contributed by atoms with Gasteiger partial charge in [0.25, 0.3) is 0 Å². The minimum absolute atomic E-state index is 0.146. The van der Waals surface area contributed by atoms with E-state index < -0.39 is 0 Å². The van der Waals surface area contributed by atoms with Gasteiger partial charge in [0.2, 0.25) is 0 Å². The van der Waals surface area contributed by atoms with E-state index in [2.05, 4.69) is 171 Å². The predicted molar refractivity (Wildman–Crippen MR) is 269 cm³/mol. The lowest BCUT2D eigenvalue weighted by atomic mass is 9.77. The molecule has 0 saturated heterocycles. The van der Waals surface area contributed by atoms with E-state index >= 15 is 0 Å². The highest BCUT2D eigenvalue weighted by Gasteiger charge is 2.27. The topological polar surface area (TPSA) is 56.5 Å². The molecule has 6 heteroatoms. The van der Waals surface area contributed by atoms with Crippen LogP contribution in [0.25, 0.3) is 94.1 Å². The lowest BCUT2D eigenvalue weighted by Gasteiger charge is -2.27. The first-order valence-electron chi connectivity index (χ1n) is 22.0. The van der Waals surface area contributed by atoms with Crippen LogP contribution in [0.2, 0.25) is 0 Å². The quantitative estimate of drug-likeness (QED) is 0.145. The molecule has 2 atom stereocenters. The highest BCUT2D eigenvalue weighted by Crippen LogP contribution is 2.45. The molecule has 64 heavy (non-hydrogen) atoms. The Morgan fingerprint density at radius 3 is 1.80 bits per heavy atom. The maximum absolute atomic E-state index is 4.87. The number of nitrogens with zero attached hydrogens (tertiary/aromatic N) is 5. The van der Waals surface area contributed by atoms with Crippen molar-refractivity contribution in [2.75, 3.05) is 0 Å². The average Bonchev–Trinajstić information content (AvgIpc) is 3.85. The fourth-order valence-corrected chi connectivity index (χ4v) is 10.7. The van der Waals surface area contributed by atoms with Crippen molar-refractivity contribution in [3.63, 3.8) is 0 Å². The molecule has 6 aromatic heterocycles. The molecule has 5 nitrogen and oxygen atoms in total. The lowest BCUT2D eigenvalue weighted by Crippen LogP contribution is -2.14. The van der Waals surface area contributed by atoms with Gasteiger partial charge in [0.1, 0.15) is 0 Å². The molecule has 0 bridgehead atoms. The normalized spacial score (nSPS) is 15.3. The molecule has 6 heterocycles. The molecule has 10 aromatic rings. The summed E-state index contributed by atoms with van der Waals surface area (Å²) in [6.45, 7) is 6.82. The van der Waals surface area contributed by atoms with Crippen LogP contribution in [0.3, 0.4) is 0 Å². The number of benzene rings is 4. The van der Waals surface area contributed by atoms with E-state index in [-0.39, 0.29) is 5.92 Å². The molecular formula is C58H45N5S. The minimum Gasteiger partial charge on any atom is -0.313 e. The summed E-state index contributed by atoms with van der Waals surface area (Å²) in [5.74, 6) is 0.450. The maximum Gasteiger partial charge on any atom is 0.0709 e. The Kier molecular flexibility index (Phi) is 10.2. The lowest BCUT2D eigenvalue weighted by molar-refractivity contribution is 0.634. The van der Waals surface area contributed by atoms with Gasteiger partial charge in [-0.3, -0.25) is 19.9 Å². The van der Waals surface area contributed by atoms with Crippen LogP contribution in [0.4, 0.5) is 0 Å². The van der Waals surface area contributed by atoms with Crippen LogP contribution >= 0.6 is 11.3 Å². The summed E-state index contributed by atoms with van der Waals surface area (Å²) in [6.07, 6.45) is 17.6. The van der Waals surface area contributed by atoms with Gasteiger partial charge >= 0.3 is 0 Å². The van der Waals surface area contributed by atoms with Gasteiger partial charge in [-0.25, -0.2) is 0 Å². The third-order valence-electron chi connectivity index (χ3n) is 12.7. The smallest absolute Gasteiger partial charge is 0.0709 e. The van der Waals surface area contributed by atoms with Gasteiger partial charge in [0.15, 0.2) is 0 Å². The zero-order valence-corrected chi connectivity index (χ0v) is 36.8. The Bertz CT molecular complexity index is 3440. The second-order valence-electron chi connectivity index (χ2n) is 16.5. The van der Waals surface area contributed by atoms with Crippen LogP contribution in [0.1, 0.15) is 47.9 Å². The molecule has 0 amide bonds. The summed E-state index contributed by atoms with van der Waals surface area (Å²) in [6, 6.07) is 51.9. The molecule has 2 unspecified atom stereocenters. The van der Waals surface area contributed by atoms with Crippen molar-refractivity contribution in [2.45, 2.75) is 33.1 Å². The first kappa shape index (κ1) is 39.3. The largest absolute Gasteiger partial charge is 0.313 e. The number of pyridine rings is 4. The number of fused-ring (bicyclic) bond motifs is 4. The number of aryl methyl sites for hydroxylation is 1. The number of rotatable bonds is 9. The Labute approximate surface area is 377 Å². The highest BCUT2D eigenvalue weighted by molar-refractivity contribution is 7.19. The van der Waals surface area contributed by atoms with E-state index in [0.29, 0.717) is 5.92 Å². The van der Waals surface area contributed by atoms with Gasteiger partial charge in [0.05, 0.1) is 28.1 Å². The molecule has 1 aliphatic rings. The summed E-state index contributed by atoms with van der Waals surface area (Å²) < 4.78 is 3.73. The van der Waals surface area contributed by atoms with Crippen molar-refractivity contribution in [1.82, 2.24) is 24.5 Å². The van der Waals surface area contributed by atoms with Gasteiger partial charge < -0.3 is 4.57 Å². The Morgan fingerprint density at radius 1 is 0.594 bits per heavy atom. The Balaban J connectivity index is 1.13. The van der Waals surface area contributed by atoms with Gasteiger partial charge in [-0.15, -0.1) is 11.3 Å². The van der Waals surface area contributed by atoms with E-state index in [0.717, 1.165) is 57.0 Å². The van der Waals surface area contributed by atoms with E-state index in [1.165, 1.54) is 59.2 Å². The van der Waals surface area contributed by atoms with E-state index in [1.807, 2.05) is 60.4 Å². The molecule has 0 spiro atoms. The number of aromatic nitrogens is 5. The predicted octanol–water partition coefficient (Wildman–Crippen LogP) is 15.3. The molecular weight excluding hydrogens is 799 g/mol. The average molecular weight is 844 g/mol. The van der Waals surface area contributed by atoms with Crippen molar-refractivity contribution < 1.29 is 0 Å². The summed E-state index contributed by atoms with van der Waals surface area (Å²) in [4.78, 5) is 20.5. The number of hydrogen-bond acceptors (Lipinski definition) is 5.